The highest BCUT2D eigenvalue weighted by molar-refractivity contribution is 5.78. The summed E-state index contributed by atoms with van der Waals surface area (Å²) in [6.45, 7) is 1.65. The van der Waals surface area contributed by atoms with Crippen molar-refractivity contribution in [2.45, 2.75) is 31.9 Å². The number of rotatable bonds is 6. The molecule has 0 heterocycles. The molecule has 1 amide bonds. The van der Waals surface area contributed by atoms with Gasteiger partial charge in [0.1, 0.15) is 0 Å². The average Bonchev–Trinajstić information content (AvgIpc) is 3.19. The molecular weight excluding hydrogens is 246 g/mol. The van der Waals surface area contributed by atoms with E-state index in [4.69, 9.17) is 9.47 Å². The Labute approximate surface area is 112 Å². The molecule has 1 atom stereocenters. The van der Waals surface area contributed by atoms with Crippen LogP contribution in [0, 0.1) is 0 Å². The molecule has 1 aliphatic carbocycles. The molecule has 0 saturated heterocycles. The highest BCUT2D eigenvalue weighted by atomic mass is 16.5. The first-order valence-electron chi connectivity index (χ1n) is 6.38. The Bertz CT molecular complexity index is 455. The first-order chi connectivity index (χ1) is 9.10. The molecule has 5 heteroatoms. The first-order valence-corrected chi connectivity index (χ1v) is 6.38. The SMILES string of the molecule is COc1cc([C@@H](C)O)ccc1OCC(=O)NC1CC1. The van der Waals surface area contributed by atoms with Crippen LogP contribution in [-0.4, -0.2) is 30.8 Å². The zero-order valence-corrected chi connectivity index (χ0v) is 11.2. The minimum atomic E-state index is -0.568. The topological polar surface area (TPSA) is 67.8 Å². The number of carbonyl (C=O) groups excluding carboxylic acids is 1. The van der Waals surface area contributed by atoms with Gasteiger partial charge < -0.3 is 19.9 Å². The van der Waals surface area contributed by atoms with Crippen molar-refractivity contribution in [3.8, 4) is 11.5 Å². The van der Waals surface area contributed by atoms with E-state index in [2.05, 4.69) is 5.32 Å². The molecule has 0 unspecified atom stereocenters. The summed E-state index contributed by atoms with van der Waals surface area (Å²) in [5, 5.41) is 12.3. The van der Waals surface area contributed by atoms with Crippen LogP contribution in [0.15, 0.2) is 18.2 Å². The fourth-order valence-electron chi connectivity index (χ4n) is 1.70. The monoisotopic (exact) mass is 265 g/mol. The summed E-state index contributed by atoms with van der Waals surface area (Å²) < 4.78 is 10.6. The number of amides is 1. The van der Waals surface area contributed by atoms with E-state index in [0.29, 0.717) is 17.5 Å². The molecule has 1 aromatic carbocycles. The van der Waals surface area contributed by atoms with Crippen LogP contribution in [0.3, 0.4) is 0 Å². The Morgan fingerprint density at radius 3 is 2.79 bits per heavy atom. The van der Waals surface area contributed by atoms with Crippen LogP contribution >= 0.6 is 0 Å². The summed E-state index contributed by atoms with van der Waals surface area (Å²) in [5.74, 6) is 0.889. The van der Waals surface area contributed by atoms with Crippen LogP contribution in [0.2, 0.25) is 0 Å². The lowest BCUT2D eigenvalue weighted by Gasteiger charge is -2.13. The van der Waals surface area contributed by atoms with Gasteiger partial charge in [0.05, 0.1) is 13.2 Å². The summed E-state index contributed by atoms with van der Waals surface area (Å²) in [7, 11) is 1.53. The van der Waals surface area contributed by atoms with E-state index in [1.165, 1.54) is 7.11 Å². The van der Waals surface area contributed by atoms with E-state index < -0.39 is 6.10 Å². The molecular formula is C14H19NO4. The number of ether oxygens (including phenoxy) is 2. The van der Waals surface area contributed by atoms with Gasteiger partial charge in [0.25, 0.3) is 5.91 Å². The Morgan fingerprint density at radius 2 is 2.21 bits per heavy atom. The highest BCUT2D eigenvalue weighted by Crippen LogP contribution is 2.30. The van der Waals surface area contributed by atoms with Crippen LogP contribution < -0.4 is 14.8 Å². The molecule has 104 valence electrons. The van der Waals surface area contributed by atoms with Crippen molar-refractivity contribution in [2.24, 2.45) is 0 Å². The van der Waals surface area contributed by atoms with E-state index in [1.54, 1.807) is 25.1 Å². The van der Waals surface area contributed by atoms with E-state index >= 15 is 0 Å². The molecule has 0 aromatic heterocycles. The molecule has 1 aliphatic rings. The number of aliphatic hydroxyl groups is 1. The predicted molar refractivity (Wildman–Crippen MR) is 70.3 cm³/mol. The van der Waals surface area contributed by atoms with E-state index in [9.17, 15) is 9.90 Å². The van der Waals surface area contributed by atoms with Crippen LogP contribution in [0.25, 0.3) is 0 Å². The van der Waals surface area contributed by atoms with Crippen LogP contribution in [0.4, 0.5) is 0 Å². The maximum Gasteiger partial charge on any atom is 0.258 e. The maximum absolute atomic E-state index is 11.5. The van der Waals surface area contributed by atoms with Crippen molar-refractivity contribution in [3.05, 3.63) is 23.8 Å². The van der Waals surface area contributed by atoms with Crippen molar-refractivity contribution in [2.75, 3.05) is 13.7 Å². The van der Waals surface area contributed by atoms with Gasteiger partial charge >= 0.3 is 0 Å². The lowest BCUT2D eigenvalue weighted by molar-refractivity contribution is -0.123. The average molecular weight is 265 g/mol. The van der Waals surface area contributed by atoms with Gasteiger partial charge in [-0.05, 0) is 37.5 Å². The van der Waals surface area contributed by atoms with Gasteiger partial charge in [-0.25, -0.2) is 0 Å². The summed E-state index contributed by atoms with van der Waals surface area (Å²) in [4.78, 5) is 11.5. The number of benzene rings is 1. The third kappa shape index (κ3) is 3.86. The summed E-state index contributed by atoms with van der Waals surface area (Å²) in [5.41, 5.74) is 0.742. The predicted octanol–water partition coefficient (Wildman–Crippen LogP) is 1.41. The molecule has 0 aliphatic heterocycles. The Hall–Kier alpha value is -1.75. The van der Waals surface area contributed by atoms with E-state index in [-0.39, 0.29) is 12.5 Å². The van der Waals surface area contributed by atoms with Crippen molar-refractivity contribution >= 4 is 5.91 Å². The molecule has 2 rings (SSSR count). The lowest BCUT2D eigenvalue weighted by Crippen LogP contribution is -2.30. The minimum Gasteiger partial charge on any atom is -0.493 e. The number of aliphatic hydroxyl groups excluding tert-OH is 1. The standard InChI is InChI=1S/C14H19NO4/c1-9(16)10-3-6-12(13(7-10)18-2)19-8-14(17)15-11-4-5-11/h3,6-7,9,11,16H,4-5,8H2,1-2H3,(H,15,17)/t9-/m1/s1. The van der Waals surface area contributed by atoms with Gasteiger partial charge in [-0.3, -0.25) is 4.79 Å². The van der Waals surface area contributed by atoms with Crippen molar-refractivity contribution < 1.29 is 19.4 Å². The summed E-state index contributed by atoms with van der Waals surface area (Å²) >= 11 is 0. The first kappa shape index (κ1) is 13.7. The molecule has 0 spiro atoms. The fourth-order valence-corrected chi connectivity index (χ4v) is 1.70. The smallest absolute Gasteiger partial charge is 0.258 e. The maximum atomic E-state index is 11.5. The van der Waals surface area contributed by atoms with E-state index in [1.807, 2.05) is 0 Å². The number of hydrogen-bond acceptors (Lipinski definition) is 4. The second-order valence-corrected chi connectivity index (χ2v) is 4.72. The van der Waals surface area contributed by atoms with Gasteiger partial charge in [0.15, 0.2) is 18.1 Å². The van der Waals surface area contributed by atoms with Gasteiger partial charge in [-0.1, -0.05) is 6.07 Å². The number of methoxy groups -OCH3 is 1. The number of hydrogen-bond donors (Lipinski definition) is 2. The third-order valence-electron chi connectivity index (χ3n) is 2.97. The van der Waals surface area contributed by atoms with Gasteiger partial charge in [0, 0.05) is 6.04 Å². The number of carbonyl (C=O) groups is 1. The molecule has 1 saturated carbocycles. The molecule has 1 aromatic rings. The van der Waals surface area contributed by atoms with Gasteiger partial charge in [0.2, 0.25) is 0 Å². The number of nitrogens with one attached hydrogen (secondary N) is 1. The van der Waals surface area contributed by atoms with Gasteiger partial charge in [-0.15, -0.1) is 0 Å². The van der Waals surface area contributed by atoms with Crippen molar-refractivity contribution in [1.82, 2.24) is 5.32 Å². The second kappa shape index (κ2) is 5.93. The quantitative estimate of drug-likeness (QED) is 0.816. The summed E-state index contributed by atoms with van der Waals surface area (Å²) in [6.07, 6.45) is 1.54. The highest BCUT2D eigenvalue weighted by Gasteiger charge is 2.23. The molecule has 1 fully saturated rings. The van der Waals surface area contributed by atoms with Crippen LogP contribution in [-0.2, 0) is 4.79 Å². The minimum absolute atomic E-state index is 0.0269. The van der Waals surface area contributed by atoms with Crippen LogP contribution in [0.5, 0.6) is 11.5 Å². The largest absolute Gasteiger partial charge is 0.493 e. The lowest BCUT2D eigenvalue weighted by atomic mass is 10.1. The molecule has 19 heavy (non-hydrogen) atoms. The zero-order chi connectivity index (χ0) is 13.8. The zero-order valence-electron chi connectivity index (χ0n) is 11.2. The molecule has 0 bridgehead atoms. The van der Waals surface area contributed by atoms with Gasteiger partial charge in [-0.2, -0.15) is 0 Å². The third-order valence-corrected chi connectivity index (χ3v) is 2.97. The molecule has 0 radical (unpaired) electrons. The molecule has 5 nitrogen and oxygen atoms in total. The normalized spacial score (nSPS) is 15.7. The molecule has 2 N–H and O–H groups in total. The Kier molecular flexibility index (Phi) is 4.27. The Balaban J connectivity index is 1.96. The Morgan fingerprint density at radius 1 is 1.47 bits per heavy atom. The van der Waals surface area contributed by atoms with E-state index in [0.717, 1.165) is 18.4 Å². The summed E-state index contributed by atoms with van der Waals surface area (Å²) in [6, 6.07) is 5.49. The second-order valence-electron chi connectivity index (χ2n) is 4.72. The van der Waals surface area contributed by atoms with Crippen LogP contribution in [0.1, 0.15) is 31.4 Å². The fraction of sp³-hybridized carbons (Fsp3) is 0.500. The van der Waals surface area contributed by atoms with Crippen molar-refractivity contribution in [1.29, 1.82) is 0 Å². The van der Waals surface area contributed by atoms with Crippen molar-refractivity contribution in [3.63, 3.8) is 0 Å².